The second kappa shape index (κ2) is 5.21. The van der Waals surface area contributed by atoms with Crippen molar-refractivity contribution in [1.29, 1.82) is 0 Å². The van der Waals surface area contributed by atoms with E-state index in [0.717, 1.165) is 0 Å². The molecule has 2 nitrogen and oxygen atoms in total. The number of carbonyl (C=O) groups excluding carboxylic acids is 2. The lowest BCUT2D eigenvalue weighted by Crippen LogP contribution is -2.16. The summed E-state index contributed by atoms with van der Waals surface area (Å²) < 4.78 is 13.4. The second-order valence-corrected chi connectivity index (χ2v) is 4.18. The van der Waals surface area contributed by atoms with Crippen molar-refractivity contribution in [2.45, 2.75) is 20.3 Å². The van der Waals surface area contributed by atoms with Crippen LogP contribution in [0.1, 0.15) is 30.6 Å². The molecule has 0 fully saturated rings. The van der Waals surface area contributed by atoms with Crippen LogP contribution in [0.5, 0.6) is 0 Å². The molecule has 0 radical (unpaired) electrons. The molecule has 0 aliphatic carbocycles. The zero-order valence-electron chi connectivity index (χ0n) is 9.09. The highest BCUT2D eigenvalue weighted by molar-refractivity contribution is 6.34. The molecular weight excluding hydrogens is 231 g/mol. The Labute approximate surface area is 98.4 Å². The van der Waals surface area contributed by atoms with Crippen molar-refractivity contribution in [1.82, 2.24) is 0 Å². The minimum absolute atomic E-state index is 0.0837. The van der Waals surface area contributed by atoms with E-state index in [1.54, 1.807) is 6.92 Å². The molecule has 0 saturated heterocycles. The number of halogens is 2. The smallest absolute Gasteiger partial charge is 0.170 e. The van der Waals surface area contributed by atoms with Crippen molar-refractivity contribution >= 4 is 23.2 Å². The Morgan fingerprint density at radius 2 is 2.06 bits per heavy atom. The van der Waals surface area contributed by atoms with Gasteiger partial charge in [0.1, 0.15) is 11.6 Å². The van der Waals surface area contributed by atoms with E-state index >= 15 is 0 Å². The average Bonchev–Trinajstić information content (AvgIpc) is 2.16. The average molecular weight is 243 g/mol. The fraction of sp³-hybridized carbons (Fsp3) is 0.333. The van der Waals surface area contributed by atoms with Gasteiger partial charge in [-0.05, 0) is 19.1 Å². The molecule has 1 aromatic rings. The van der Waals surface area contributed by atoms with Gasteiger partial charge in [-0.1, -0.05) is 24.6 Å². The topological polar surface area (TPSA) is 34.1 Å². The maximum absolute atomic E-state index is 13.4. The quantitative estimate of drug-likeness (QED) is 0.760. The van der Waals surface area contributed by atoms with E-state index in [2.05, 4.69) is 0 Å². The molecule has 0 saturated carbocycles. The third kappa shape index (κ3) is 2.89. The van der Waals surface area contributed by atoms with E-state index in [4.69, 9.17) is 11.6 Å². The molecule has 1 unspecified atom stereocenters. The van der Waals surface area contributed by atoms with Crippen molar-refractivity contribution in [3.63, 3.8) is 0 Å². The number of Topliss-reactive ketones (excluding diaryl/α,β-unsaturated/α-hetero) is 2. The molecule has 1 aromatic carbocycles. The first-order valence-corrected chi connectivity index (χ1v) is 5.29. The standard InChI is InChI=1S/C12H12ClFO2/c1-7(6-8(2)15)12(16)11-9(13)4-3-5-10(11)14/h3-5,7H,6H2,1-2H3. The van der Waals surface area contributed by atoms with Crippen LogP contribution in [-0.2, 0) is 4.79 Å². The van der Waals surface area contributed by atoms with Crippen molar-refractivity contribution in [2.75, 3.05) is 0 Å². The van der Waals surface area contributed by atoms with Gasteiger partial charge in [-0.3, -0.25) is 4.79 Å². The van der Waals surface area contributed by atoms with Gasteiger partial charge in [0.2, 0.25) is 0 Å². The Morgan fingerprint density at radius 3 is 2.56 bits per heavy atom. The molecule has 1 rings (SSSR count). The number of benzene rings is 1. The van der Waals surface area contributed by atoms with Crippen molar-refractivity contribution in [3.05, 3.63) is 34.6 Å². The van der Waals surface area contributed by atoms with Gasteiger partial charge in [0.05, 0.1) is 10.6 Å². The summed E-state index contributed by atoms with van der Waals surface area (Å²) in [6.07, 6.45) is 0.101. The van der Waals surface area contributed by atoms with Gasteiger partial charge in [0.25, 0.3) is 0 Å². The Kier molecular flexibility index (Phi) is 4.19. The van der Waals surface area contributed by atoms with Gasteiger partial charge in [0.15, 0.2) is 5.78 Å². The van der Waals surface area contributed by atoms with Crippen LogP contribution in [0.25, 0.3) is 0 Å². The molecule has 0 N–H and O–H groups in total. The van der Waals surface area contributed by atoms with Gasteiger partial charge in [-0.2, -0.15) is 0 Å². The summed E-state index contributed by atoms with van der Waals surface area (Å²) in [6, 6.07) is 4.07. The summed E-state index contributed by atoms with van der Waals surface area (Å²) in [5.41, 5.74) is -0.127. The van der Waals surface area contributed by atoms with Gasteiger partial charge in [-0.25, -0.2) is 4.39 Å². The number of carbonyl (C=O) groups is 2. The molecule has 16 heavy (non-hydrogen) atoms. The SMILES string of the molecule is CC(=O)CC(C)C(=O)c1c(F)cccc1Cl. The molecule has 0 amide bonds. The van der Waals surface area contributed by atoms with Crippen LogP contribution in [0.15, 0.2) is 18.2 Å². The molecule has 0 spiro atoms. The normalized spacial score (nSPS) is 12.2. The minimum Gasteiger partial charge on any atom is -0.300 e. The lowest BCUT2D eigenvalue weighted by molar-refractivity contribution is -0.117. The van der Waals surface area contributed by atoms with E-state index in [9.17, 15) is 14.0 Å². The fourth-order valence-electron chi connectivity index (χ4n) is 1.50. The van der Waals surface area contributed by atoms with E-state index in [-0.39, 0.29) is 22.8 Å². The number of hydrogen-bond donors (Lipinski definition) is 0. The van der Waals surface area contributed by atoms with Crippen LogP contribution in [0, 0.1) is 11.7 Å². The summed E-state index contributed by atoms with van der Waals surface area (Å²) in [5, 5.41) is 0.0837. The van der Waals surface area contributed by atoms with Crippen LogP contribution in [0.3, 0.4) is 0 Å². The zero-order valence-corrected chi connectivity index (χ0v) is 9.84. The highest BCUT2D eigenvalue weighted by Gasteiger charge is 2.22. The van der Waals surface area contributed by atoms with E-state index in [0.29, 0.717) is 0 Å². The summed E-state index contributed by atoms with van der Waals surface area (Å²) >= 11 is 5.76. The highest BCUT2D eigenvalue weighted by atomic mass is 35.5. The van der Waals surface area contributed by atoms with Gasteiger partial charge in [0, 0.05) is 12.3 Å². The van der Waals surface area contributed by atoms with Crippen LogP contribution < -0.4 is 0 Å². The second-order valence-electron chi connectivity index (χ2n) is 3.77. The maximum atomic E-state index is 13.4. The van der Waals surface area contributed by atoms with Crippen LogP contribution in [0.2, 0.25) is 5.02 Å². The molecule has 0 aliphatic heterocycles. The van der Waals surface area contributed by atoms with E-state index in [1.807, 2.05) is 0 Å². The largest absolute Gasteiger partial charge is 0.300 e. The minimum atomic E-state index is -0.645. The fourth-order valence-corrected chi connectivity index (χ4v) is 1.76. The molecular formula is C12H12ClFO2. The van der Waals surface area contributed by atoms with E-state index in [1.165, 1.54) is 25.1 Å². The number of hydrogen-bond acceptors (Lipinski definition) is 2. The summed E-state index contributed by atoms with van der Waals surface area (Å²) in [6.45, 7) is 2.99. The number of rotatable bonds is 4. The van der Waals surface area contributed by atoms with Gasteiger partial charge in [-0.15, -0.1) is 0 Å². The lowest BCUT2D eigenvalue weighted by atomic mass is 9.94. The highest BCUT2D eigenvalue weighted by Crippen LogP contribution is 2.23. The number of ketones is 2. The molecule has 0 aromatic heterocycles. The molecule has 86 valence electrons. The van der Waals surface area contributed by atoms with Gasteiger partial charge >= 0.3 is 0 Å². The molecule has 1 atom stereocenters. The van der Waals surface area contributed by atoms with E-state index < -0.39 is 17.5 Å². The molecule has 4 heteroatoms. The Bertz CT molecular complexity index is 409. The first-order chi connectivity index (χ1) is 7.43. The predicted octanol–water partition coefficient (Wildman–Crippen LogP) is 3.28. The molecule has 0 aliphatic rings. The summed E-state index contributed by atoms with van der Waals surface area (Å²) in [5.74, 6) is -1.73. The first kappa shape index (κ1) is 12.8. The molecule has 0 bridgehead atoms. The van der Waals surface area contributed by atoms with Gasteiger partial charge < -0.3 is 4.79 Å². The third-order valence-electron chi connectivity index (χ3n) is 2.25. The zero-order chi connectivity index (χ0) is 12.3. The summed E-state index contributed by atoms with van der Waals surface area (Å²) in [7, 11) is 0. The van der Waals surface area contributed by atoms with Crippen LogP contribution in [0.4, 0.5) is 4.39 Å². The Morgan fingerprint density at radius 1 is 1.44 bits per heavy atom. The Balaban J connectivity index is 3.00. The first-order valence-electron chi connectivity index (χ1n) is 4.91. The van der Waals surface area contributed by atoms with Crippen molar-refractivity contribution in [2.24, 2.45) is 5.92 Å². The van der Waals surface area contributed by atoms with Crippen LogP contribution >= 0.6 is 11.6 Å². The summed E-state index contributed by atoms with van der Waals surface area (Å²) in [4.78, 5) is 22.7. The maximum Gasteiger partial charge on any atom is 0.170 e. The lowest BCUT2D eigenvalue weighted by Gasteiger charge is -2.10. The predicted molar refractivity (Wildman–Crippen MR) is 60.2 cm³/mol. The Hall–Kier alpha value is -1.22. The monoisotopic (exact) mass is 242 g/mol. The van der Waals surface area contributed by atoms with Crippen molar-refractivity contribution < 1.29 is 14.0 Å². The van der Waals surface area contributed by atoms with Crippen LogP contribution in [-0.4, -0.2) is 11.6 Å². The third-order valence-corrected chi connectivity index (χ3v) is 2.57. The van der Waals surface area contributed by atoms with Crippen molar-refractivity contribution in [3.8, 4) is 0 Å². The molecule has 0 heterocycles.